The molecule has 0 amide bonds. The van der Waals surface area contributed by atoms with Crippen molar-refractivity contribution in [2.75, 3.05) is 48.2 Å². The monoisotopic (exact) mass is 815 g/mol. The van der Waals surface area contributed by atoms with Crippen LogP contribution in [0, 0.1) is 0 Å². The molecule has 0 aromatic heterocycles. The third-order valence-electron chi connectivity index (χ3n) is 10.5. The number of methoxy groups -OCH3 is 4. The van der Waals surface area contributed by atoms with Gasteiger partial charge in [-0.05, 0) is 108 Å². The fourth-order valence-corrected chi connectivity index (χ4v) is 8.61. The predicted molar refractivity (Wildman–Crippen MR) is 233 cm³/mol. The van der Waals surface area contributed by atoms with Crippen molar-refractivity contribution in [3.05, 3.63) is 191 Å². The van der Waals surface area contributed by atoms with Crippen molar-refractivity contribution in [2.45, 2.75) is 37.5 Å². The van der Waals surface area contributed by atoms with Crippen LogP contribution in [0.1, 0.15) is 54.2 Å². The highest BCUT2D eigenvalue weighted by molar-refractivity contribution is 7.64. The molecule has 0 bridgehead atoms. The zero-order valence-electron chi connectivity index (χ0n) is 35.1. The molecule has 59 heavy (non-hydrogen) atoms. The Morgan fingerprint density at radius 2 is 0.678 bits per heavy atom. The minimum absolute atomic E-state index is 0.337. The molecule has 0 saturated carbocycles. The van der Waals surface area contributed by atoms with Crippen LogP contribution in [0.5, 0.6) is 23.0 Å². The number of hydroxylamine groups is 2. The topological polar surface area (TPSA) is 87.8 Å². The molecule has 0 N–H and O–H groups in total. The van der Waals surface area contributed by atoms with Gasteiger partial charge in [0.25, 0.3) is 0 Å². The van der Waals surface area contributed by atoms with Crippen LogP contribution in [0.2, 0.25) is 0 Å². The molecular weight excluding hydrogens is 762 g/mol. The van der Waals surface area contributed by atoms with E-state index in [4.69, 9.17) is 33.0 Å². The lowest BCUT2D eigenvalue weighted by Crippen LogP contribution is -2.41. The van der Waals surface area contributed by atoms with Gasteiger partial charge in [-0.3, -0.25) is 0 Å². The average Bonchev–Trinajstić information content (AvgIpc) is 3.28. The molecule has 6 aromatic rings. The molecule has 1 radical (unpaired) electrons. The normalized spacial score (nSPS) is 12.3. The summed E-state index contributed by atoms with van der Waals surface area (Å²) in [6.07, 6.45) is -0.674. The SMILES string of the molecule is COc1ccc(C(OC[P+]([O])(COC(c2ccccc2)(c2ccc(OC)cc2)c2ccc(OC)cc2)ON(C)C(C)(C)C)(c2ccccc2)c2ccc(OC)cc2)cc1. The molecule has 0 aliphatic heterocycles. The summed E-state index contributed by atoms with van der Waals surface area (Å²) in [5, 5.41) is 1.62. The Labute approximate surface area is 349 Å². The Hall–Kier alpha value is -5.25. The molecule has 6 rings (SSSR count). The predicted octanol–water partition coefficient (Wildman–Crippen LogP) is 10.9. The second-order valence-corrected chi connectivity index (χ2v) is 17.4. The Balaban J connectivity index is 1.52. The minimum Gasteiger partial charge on any atom is -0.497 e. The van der Waals surface area contributed by atoms with Crippen LogP contribution in [0.15, 0.2) is 158 Å². The molecule has 0 spiro atoms. The van der Waals surface area contributed by atoms with Crippen LogP contribution >= 0.6 is 7.72 Å². The lowest BCUT2D eigenvalue weighted by Gasteiger charge is -2.39. The highest BCUT2D eigenvalue weighted by Crippen LogP contribution is 2.61. The second-order valence-electron chi connectivity index (χ2n) is 15.1. The fourth-order valence-electron chi connectivity index (χ4n) is 6.97. The van der Waals surface area contributed by atoms with E-state index in [1.807, 2.05) is 178 Å². The summed E-state index contributed by atoms with van der Waals surface area (Å²) in [4.78, 5) is 16.0. The van der Waals surface area contributed by atoms with E-state index in [9.17, 15) is 0 Å². The maximum Gasteiger partial charge on any atom is 0.397 e. The first-order valence-electron chi connectivity index (χ1n) is 19.4. The summed E-state index contributed by atoms with van der Waals surface area (Å²) < 4.78 is 43.3. The Bertz CT molecular complexity index is 1950. The molecular formula is C49H54NO8P+. The first kappa shape index (κ1) is 43.3. The average molecular weight is 816 g/mol. The first-order valence-corrected chi connectivity index (χ1v) is 21.4. The van der Waals surface area contributed by atoms with E-state index in [-0.39, 0.29) is 12.7 Å². The Morgan fingerprint density at radius 1 is 0.424 bits per heavy atom. The number of rotatable bonds is 18. The molecule has 0 fully saturated rings. The van der Waals surface area contributed by atoms with Crippen molar-refractivity contribution >= 4 is 7.72 Å². The first-order chi connectivity index (χ1) is 28.4. The molecule has 0 aliphatic carbocycles. The fraction of sp³-hybridized carbons (Fsp3) is 0.265. The van der Waals surface area contributed by atoms with Crippen LogP contribution in [-0.4, -0.2) is 58.8 Å². The number of hydrogen-bond donors (Lipinski definition) is 0. The molecule has 6 aromatic carbocycles. The van der Waals surface area contributed by atoms with Crippen molar-refractivity contribution in [3.63, 3.8) is 0 Å². The van der Waals surface area contributed by atoms with Crippen molar-refractivity contribution in [3.8, 4) is 23.0 Å². The number of nitrogens with zero attached hydrogens (tertiary/aromatic N) is 1. The summed E-state index contributed by atoms with van der Waals surface area (Å²) in [6.45, 7) is 5.97. The van der Waals surface area contributed by atoms with Gasteiger partial charge < -0.3 is 28.4 Å². The van der Waals surface area contributed by atoms with E-state index in [2.05, 4.69) is 0 Å². The highest BCUT2D eigenvalue weighted by Gasteiger charge is 2.53. The summed E-state index contributed by atoms with van der Waals surface area (Å²) in [5.74, 6) is 2.76. The summed E-state index contributed by atoms with van der Waals surface area (Å²) >= 11 is 0. The molecule has 0 atom stereocenters. The lowest BCUT2D eigenvalue weighted by molar-refractivity contribution is -0.121. The van der Waals surface area contributed by atoms with Crippen LogP contribution in [0.3, 0.4) is 0 Å². The Kier molecular flexibility index (Phi) is 13.8. The second kappa shape index (κ2) is 18.8. The molecule has 9 nitrogen and oxygen atoms in total. The van der Waals surface area contributed by atoms with E-state index in [0.717, 1.165) is 33.4 Å². The van der Waals surface area contributed by atoms with Crippen molar-refractivity contribution in [1.82, 2.24) is 5.06 Å². The van der Waals surface area contributed by atoms with Gasteiger partial charge in [0.15, 0.2) is 0 Å². The van der Waals surface area contributed by atoms with E-state index in [0.29, 0.717) is 23.0 Å². The van der Waals surface area contributed by atoms with E-state index >= 15 is 4.89 Å². The van der Waals surface area contributed by atoms with Gasteiger partial charge in [-0.15, -0.1) is 9.69 Å². The van der Waals surface area contributed by atoms with Gasteiger partial charge in [0, 0.05) is 12.6 Å². The number of hydrogen-bond acceptors (Lipinski definition) is 8. The van der Waals surface area contributed by atoms with E-state index < -0.39 is 24.5 Å². The van der Waals surface area contributed by atoms with Crippen molar-refractivity contribution in [2.24, 2.45) is 0 Å². The van der Waals surface area contributed by atoms with Gasteiger partial charge in [-0.2, -0.15) is 0 Å². The number of benzene rings is 6. The Morgan fingerprint density at radius 3 is 0.915 bits per heavy atom. The maximum absolute atomic E-state index is 16.0. The molecule has 0 aliphatic rings. The van der Waals surface area contributed by atoms with Crippen LogP contribution in [0.25, 0.3) is 0 Å². The molecule has 0 saturated heterocycles. The van der Waals surface area contributed by atoms with Gasteiger partial charge in [0.1, 0.15) is 34.2 Å². The van der Waals surface area contributed by atoms with E-state index in [1.54, 1.807) is 40.6 Å². The molecule has 10 heteroatoms. The quantitative estimate of drug-likeness (QED) is 0.0482. The smallest absolute Gasteiger partial charge is 0.397 e. The van der Waals surface area contributed by atoms with E-state index in [1.165, 1.54) is 0 Å². The molecule has 307 valence electrons. The van der Waals surface area contributed by atoms with Gasteiger partial charge in [0.2, 0.25) is 12.7 Å². The number of ether oxygens (including phenoxy) is 6. The zero-order chi connectivity index (χ0) is 42.1. The summed E-state index contributed by atoms with van der Waals surface area (Å²) in [7, 11) is 4.34. The standard InChI is InChI=1S/C49H54NO8P/c1-47(2,3)50(4)58-59(51,35-56-48(37-15-11-9-12-16-37,39-19-27-43(52-5)28-20-39)40-21-29-44(53-6)30-22-40)36-57-49(38-17-13-10-14-18-38,41-23-31-45(54-7)32-24-41)42-25-33-46(55-8)34-26-42/h9-34H,35-36H2,1-8H3/q+1. The van der Waals surface area contributed by atoms with Crippen LogP contribution in [0.4, 0.5) is 0 Å². The largest absolute Gasteiger partial charge is 0.497 e. The van der Waals surface area contributed by atoms with Gasteiger partial charge in [-0.1, -0.05) is 109 Å². The third-order valence-corrected chi connectivity index (χ3v) is 12.1. The summed E-state index contributed by atoms with van der Waals surface area (Å²) in [6, 6.07) is 50.7. The van der Waals surface area contributed by atoms with Gasteiger partial charge >= 0.3 is 7.72 Å². The lowest BCUT2D eigenvalue weighted by atomic mass is 9.80. The van der Waals surface area contributed by atoms with Crippen molar-refractivity contribution in [1.29, 1.82) is 0 Å². The highest BCUT2D eigenvalue weighted by atomic mass is 31.2. The third kappa shape index (κ3) is 9.47. The minimum atomic E-state index is -3.97. The van der Waals surface area contributed by atoms with Gasteiger partial charge in [0.05, 0.1) is 28.4 Å². The molecule has 0 unspecified atom stereocenters. The maximum atomic E-state index is 16.0. The van der Waals surface area contributed by atoms with Crippen LogP contribution in [-0.2, 0) is 30.2 Å². The molecule has 0 heterocycles. The summed E-state index contributed by atoms with van der Waals surface area (Å²) in [5.41, 5.74) is 1.76. The van der Waals surface area contributed by atoms with Gasteiger partial charge in [-0.25, -0.2) is 0 Å². The zero-order valence-corrected chi connectivity index (χ0v) is 36.0. The van der Waals surface area contributed by atoms with Crippen LogP contribution < -0.4 is 18.9 Å². The van der Waals surface area contributed by atoms with Crippen molar-refractivity contribution < 1.29 is 37.9 Å².